The smallest absolute Gasteiger partial charge is 0.0314 e. The van der Waals surface area contributed by atoms with Crippen LogP contribution in [0.2, 0.25) is 0 Å². The Kier molecular flexibility index (Phi) is 3.49. The minimum atomic E-state index is 0.696. The summed E-state index contributed by atoms with van der Waals surface area (Å²) < 4.78 is 0. The van der Waals surface area contributed by atoms with Crippen molar-refractivity contribution in [2.75, 3.05) is 18.8 Å². The van der Waals surface area contributed by atoms with Gasteiger partial charge in [-0.3, -0.25) is 0 Å². The van der Waals surface area contributed by atoms with Crippen molar-refractivity contribution in [3.63, 3.8) is 0 Å². The van der Waals surface area contributed by atoms with E-state index in [0.29, 0.717) is 5.92 Å². The molecule has 16 heavy (non-hydrogen) atoms. The molecule has 0 bridgehead atoms. The van der Waals surface area contributed by atoms with Gasteiger partial charge in [0.1, 0.15) is 0 Å². The Bertz CT molecular complexity index is 331. The summed E-state index contributed by atoms with van der Waals surface area (Å²) in [4.78, 5) is 2.60. The molecule has 0 saturated carbocycles. The fraction of sp³-hybridized carbons (Fsp3) is 0.571. The van der Waals surface area contributed by atoms with Gasteiger partial charge in [0, 0.05) is 18.3 Å². The summed E-state index contributed by atoms with van der Waals surface area (Å²) in [6, 6.07) is 9.12. The molecule has 1 fully saturated rings. The molecule has 1 aliphatic rings. The average Bonchev–Trinajstić information content (AvgIpc) is 2.62. The van der Waals surface area contributed by atoms with E-state index in [1.54, 1.807) is 0 Å². The molecule has 2 N–H and O–H groups in total. The van der Waals surface area contributed by atoms with Crippen molar-refractivity contribution in [1.29, 1.82) is 0 Å². The molecule has 0 aromatic heterocycles. The standard InChI is InChI=1S/C14H22N2/c1-3-8-16-10-13(9-11(16)2)12-4-6-14(15)7-5-12/h4-7,11,13H,3,8-10,15H2,1-2H3/t11-,13-/m1/s1. The van der Waals surface area contributed by atoms with E-state index in [4.69, 9.17) is 5.73 Å². The lowest BCUT2D eigenvalue weighted by Gasteiger charge is -2.19. The highest BCUT2D eigenvalue weighted by Gasteiger charge is 2.28. The average molecular weight is 218 g/mol. The fourth-order valence-corrected chi connectivity index (χ4v) is 2.71. The Balaban J connectivity index is 2.04. The van der Waals surface area contributed by atoms with E-state index in [1.165, 1.54) is 31.5 Å². The van der Waals surface area contributed by atoms with Crippen molar-refractivity contribution in [3.8, 4) is 0 Å². The largest absolute Gasteiger partial charge is 0.399 e. The van der Waals surface area contributed by atoms with Crippen molar-refractivity contribution in [2.45, 2.75) is 38.6 Å². The molecule has 0 radical (unpaired) electrons. The SMILES string of the molecule is CCCN1C[C@H](c2ccc(N)cc2)C[C@H]1C. The number of hydrogen-bond acceptors (Lipinski definition) is 2. The molecule has 1 heterocycles. The third-order valence-corrected chi connectivity index (χ3v) is 3.62. The minimum Gasteiger partial charge on any atom is -0.399 e. The molecular formula is C14H22N2. The fourth-order valence-electron chi connectivity index (χ4n) is 2.71. The van der Waals surface area contributed by atoms with E-state index in [1.807, 2.05) is 12.1 Å². The van der Waals surface area contributed by atoms with Gasteiger partial charge in [-0.2, -0.15) is 0 Å². The number of hydrogen-bond donors (Lipinski definition) is 1. The first-order valence-electron chi connectivity index (χ1n) is 6.30. The number of rotatable bonds is 3. The monoisotopic (exact) mass is 218 g/mol. The molecule has 1 saturated heterocycles. The second kappa shape index (κ2) is 4.88. The lowest BCUT2D eigenvalue weighted by molar-refractivity contribution is 0.268. The Morgan fingerprint density at radius 3 is 2.62 bits per heavy atom. The van der Waals surface area contributed by atoms with Gasteiger partial charge in [0.15, 0.2) is 0 Å². The zero-order valence-electron chi connectivity index (χ0n) is 10.3. The number of nitrogens with two attached hydrogens (primary N) is 1. The Hall–Kier alpha value is -1.02. The van der Waals surface area contributed by atoms with Crippen molar-refractivity contribution < 1.29 is 0 Å². The number of benzene rings is 1. The van der Waals surface area contributed by atoms with Crippen LogP contribution in [0.1, 0.15) is 38.2 Å². The number of nitrogen functional groups attached to an aromatic ring is 1. The molecule has 1 aromatic carbocycles. The second-order valence-electron chi connectivity index (χ2n) is 4.94. The van der Waals surface area contributed by atoms with Crippen molar-refractivity contribution in [2.24, 2.45) is 0 Å². The van der Waals surface area contributed by atoms with Gasteiger partial charge in [0.05, 0.1) is 0 Å². The number of likely N-dealkylation sites (tertiary alicyclic amines) is 1. The first-order chi connectivity index (χ1) is 7.70. The summed E-state index contributed by atoms with van der Waals surface area (Å²) >= 11 is 0. The topological polar surface area (TPSA) is 29.3 Å². The normalized spacial score (nSPS) is 26.1. The Labute approximate surface area is 98.4 Å². The Morgan fingerprint density at radius 2 is 2.00 bits per heavy atom. The van der Waals surface area contributed by atoms with Crippen LogP contribution >= 0.6 is 0 Å². The third-order valence-electron chi connectivity index (χ3n) is 3.62. The third kappa shape index (κ3) is 2.38. The lowest BCUT2D eigenvalue weighted by Crippen LogP contribution is -2.27. The summed E-state index contributed by atoms with van der Waals surface area (Å²) in [6.07, 6.45) is 2.53. The molecule has 1 aromatic rings. The predicted octanol–water partition coefficient (Wildman–Crippen LogP) is 2.86. The number of anilines is 1. The summed E-state index contributed by atoms with van der Waals surface area (Å²) in [7, 11) is 0. The highest BCUT2D eigenvalue weighted by molar-refractivity contribution is 5.40. The van der Waals surface area contributed by atoms with Crippen LogP contribution in [-0.4, -0.2) is 24.0 Å². The van der Waals surface area contributed by atoms with Gasteiger partial charge in [0.2, 0.25) is 0 Å². The van der Waals surface area contributed by atoms with Crippen molar-refractivity contribution >= 4 is 5.69 Å². The van der Waals surface area contributed by atoms with Gasteiger partial charge in [-0.25, -0.2) is 0 Å². The van der Waals surface area contributed by atoms with E-state index in [2.05, 4.69) is 30.9 Å². The van der Waals surface area contributed by atoms with Crippen LogP contribution in [0.15, 0.2) is 24.3 Å². The summed E-state index contributed by atoms with van der Waals surface area (Å²) in [5, 5.41) is 0. The molecule has 2 heteroatoms. The molecule has 2 atom stereocenters. The summed E-state index contributed by atoms with van der Waals surface area (Å²) in [5.41, 5.74) is 8.02. The van der Waals surface area contributed by atoms with Crippen LogP contribution in [0.3, 0.4) is 0 Å². The summed E-state index contributed by atoms with van der Waals surface area (Å²) in [6.45, 7) is 7.03. The van der Waals surface area contributed by atoms with Gasteiger partial charge in [-0.05, 0) is 49.9 Å². The zero-order chi connectivity index (χ0) is 11.5. The molecule has 2 nitrogen and oxygen atoms in total. The predicted molar refractivity (Wildman–Crippen MR) is 69.5 cm³/mol. The molecule has 0 unspecified atom stereocenters. The van der Waals surface area contributed by atoms with Gasteiger partial charge in [-0.15, -0.1) is 0 Å². The van der Waals surface area contributed by atoms with E-state index in [9.17, 15) is 0 Å². The summed E-state index contributed by atoms with van der Waals surface area (Å²) in [5.74, 6) is 0.696. The molecule has 0 spiro atoms. The molecule has 1 aliphatic heterocycles. The highest BCUT2D eigenvalue weighted by Crippen LogP contribution is 2.31. The highest BCUT2D eigenvalue weighted by atomic mass is 15.2. The van der Waals surface area contributed by atoms with E-state index in [-0.39, 0.29) is 0 Å². The minimum absolute atomic E-state index is 0.696. The first-order valence-corrected chi connectivity index (χ1v) is 6.30. The van der Waals surface area contributed by atoms with Gasteiger partial charge < -0.3 is 10.6 Å². The van der Waals surface area contributed by atoms with Crippen molar-refractivity contribution in [3.05, 3.63) is 29.8 Å². The molecule has 0 aliphatic carbocycles. The van der Waals surface area contributed by atoms with E-state index in [0.717, 1.165) is 11.7 Å². The maximum atomic E-state index is 5.72. The van der Waals surface area contributed by atoms with Crippen LogP contribution < -0.4 is 5.73 Å². The van der Waals surface area contributed by atoms with Crippen LogP contribution in [0.25, 0.3) is 0 Å². The zero-order valence-corrected chi connectivity index (χ0v) is 10.3. The van der Waals surface area contributed by atoms with Crippen LogP contribution in [-0.2, 0) is 0 Å². The van der Waals surface area contributed by atoms with Crippen LogP contribution in [0.5, 0.6) is 0 Å². The quantitative estimate of drug-likeness (QED) is 0.790. The Morgan fingerprint density at radius 1 is 1.31 bits per heavy atom. The van der Waals surface area contributed by atoms with E-state index < -0.39 is 0 Å². The maximum absolute atomic E-state index is 5.72. The second-order valence-corrected chi connectivity index (χ2v) is 4.94. The molecule has 0 amide bonds. The van der Waals surface area contributed by atoms with Crippen molar-refractivity contribution in [1.82, 2.24) is 4.90 Å². The van der Waals surface area contributed by atoms with E-state index >= 15 is 0 Å². The van der Waals surface area contributed by atoms with Crippen LogP contribution in [0, 0.1) is 0 Å². The lowest BCUT2D eigenvalue weighted by atomic mass is 9.96. The van der Waals surface area contributed by atoms with Gasteiger partial charge >= 0.3 is 0 Å². The maximum Gasteiger partial charge on any atom is 0.0314 e. The molecular weight excluding hydrogens is 196 g/mol. The number of nitrogens with zero attached hydrogens (tertiary/aromatic N) is 1. The molecule has 88 valence electrons. The van der Waals surface area contributed by atoms with Gasteiger partial charge in [0.25, 0.3) is 0 Å². The van der Waals surface area contributed by atoms with Gasteiger partial charge in [-0.1, -0.05) is 19.1 Å². The molecule has 2 rings (SSSR count). The van der Waals surface area contributed by atoms with Crippen LogP contribution in [0.4, 0.5) is 5.69 Å². The first kappa shape index (κ1) is 11.5.